The minimum absolute atomic E-state index is 0.454. The molecule has 1 aromatic rings. The monoisotopic (exact) mass is 270 g/mol. The van der Waals surface area contributed by atoms with Gasteiger partial charge in [0.25, 0.3) is 0 Å². The predicted molar refractivity (Wildman–Crippen MR) is 61.5 cm³/mol. The fraction of sp³-hybridized carbons (Fsp3) is 0.100. The van der Waals surface area contributed by atoms with Crippen molar-refractivity contribution in [1.82, 2.24) is 0 Å². The average molecular weight is 272 g/mol. The highest BCUT2D eigenvalue weighted by Gasteiger charge is 2.03. The fourth-order valence-electron chi connectivity index (χ4n) is 0.986. The first-order valence-corrected chi connectivity index (χ1v) is 5.04. The van der Waals surface area contributed by atoms with Gasteiger partial charge in [-0.2, -0.15) is 5.26 Å². The van der Waals surface area contributed by atoms with Crippen LogP contribution in [0.3, 0.4) is 0 Å². The Kier molecular flexibility index (Phi) is 3.56. The van der Waals surface area contributed by atoms with Crippen molar-refractivity contribution >= 4 is 33.2 Å². The van der Waals surface area contributed by atoms with Crippen molar-refractivity contribution < 1.29 is 0 Å². The molecule has 0 aliphatic carbocycles. The molecular formula is C10H8BrClN2. The summed E-state index contributed by atoms with van der Waals surface area (Å²) in [4.78, 5) is 0. The van der Waals surface area contributed by atoms with Crippen LogP contribution in [0.15, 0.2) is 28.2 Å². The summed E-state index contributed by atoms with van der Waals surface area (Å²) in [5, 5.41) is 9.26. The summed E-state index contributed by atoms with van der Waals surface area (Å²) in [5.41, 5.74) is 7.46. The van der Waals surface area contributed by atoms with Crippen molar-refractivity contribution in [1.29, 1.82) is 5.26 Å². The minimum atomic E-state index is 0.454. The average Bonchev–Trinajstić information content (AvgIpc) is 2.14. The number of nitrogens with zero attached hydrogens (tertiary/aromatic N) is 1. The van der Waals surface area contributed by atoms with Gasteiger partial charge in [0.15, 0.2) is 0 Å². The molecule has 0 radical (unpaired) electrons. The van der Waals surface area contributed by atoms with E-state index in [1.54, 1.807) is 19.1 Å². The molecule has 0 aliphatic heterocycles. The van der Waals surface area contributed by atoms with E-state index in [-0.39, 0.29) is 0 Å². The first-order chi connectivity index (χ1) is 6.54. The van der Waals surface area contributed by atoms with Crippen molar-refractivity contribution in [3.8, 4) is 6.07 Å². The molecule has 2 N–H and O–H groups in total. The second-order valence-corrected chi connectivity index (χ2v) is 4.16. The molecule has 0 saturated carbocycles. The van der Waals surface area contributed by atoms with E-state index in [0.717, 1.165) is 10.0 Å². The summed E-state index contributed by atoms with van der Waals surface area (Å²) in [7, 11) is 0. The van der Waals surface area contributed by atoms with Crippen LogP contribution in [-0.2, 0) is 0 Å². The number of benzene rings is 1. The zero-order chi connectivity index (χ0) is 10.7. The van der Waals surface area contributed by atoms with E-state index in [9.17, 15) is 0 Å². The molecule has 0 heterocycles. The zero-order valence-electron chi connectivity index (χ0n) is 7.51. The van der Waals surface area contributed by atoms with Crippen LogP contribution < -0.4 is 5.73 Å². The van der Waals surface area contributed by atoms with E-state index in [4.69, 9.17) is 22.6 Å². The minimum Gasteiger partial charge on any atom is -0.397 e. The smallest absolute Gasteiger partial charge is 0.0965 e. The van der Waals surface area contributed by atoms with Crippen LogP contribution in [0, 0.1) is 11.3 Å². The Morgan fingerprint density at radius 1 is 1.50 bits per heavy atom. The van der Waals surface area contributed by atoms with Gasteiger partial charge in [-0.3, -0.25) is 0 Å². The van der Waals surface area contributed by atoms with Crippen molar-refractivity contribution in [2.24, 2.45) is 5.73 Å². The molecule has 1 aromatic carbocycles. The second-order valence-electron chi connectivity index (χ2n) is 2.81. The Morgan fingerprint density at radius 2 is 2.14 bits per heavy atom. The summed E-state index contributed by atoms with van der Waals surface area (Å²) in [6, 6.07) is 7.31. The topological polar surface area (TPSA) is 49.8 Å². The lowest BCUT2D eigenvalue weighted by molar-refractivity contribution is 1.39. The Labute approximate surface area is 96.1 Å². The second kappa shape index (κ2) is 4.50. The molecule has 4 heteroatoms. The molecule has 0 spiro atoms. The molecule has 72 valence electrons. The molecule has 0 amide bonds. The van der Waals surface area contributed by atoms with Crippen LogP contribution >= 0.6 is 27.5 Å². The van der Waals surface area contributed by atoms with E-state index < -0.39 is 0 Å². The van der Waals surface area contributed by atoms with Gasteiger partial charge in [-0.25, -0.2) is 0 Å². The SMILES string of the molecule is C/C(C#N)=C(/N)c1cc(Cl)cc(Br)c1. The summed E-state index contributed by atoms with van der Waals surface area (Å²) in [5.74, 6) is 0. The van der Waals surface area contributed by atoms with Gasteiger partial charge >= 0.3 is 0 Å². The van der Waals surface area contributed by atoms with Crippen molar-refractivity contribution in [3.63, 3.8) is 0 Å². The number of rotatable bonds is 1. The third-order valence-electron chi connectivity index (χ3n) is 1.75. The third-order valence-corrected chi connectivity index (χ3v) is 2.42. The largest absolute Gasteiger partial charge is 0.397 e. The molecule has 0 saturated heterocycles. The summed E-state index contributed by atoms with van der Waals surface area (Å²) < 4.78 is 0.841. The summed E-state index contributed by atoms with van der Waals surface area (Å²) in [6.07, 6.45) is 0. The van der Waals surface area contributed by atoms with Gasteiger partial charge < -0.3 is 5.73 Å². The van der Waals surface area contributed by atoms with E-state index in [2.05, 4.69) is 15.9 Å². The lowest BCUT2D eigenvalue weighted by Crippen LogP contribution is -1.99. The van der Waals surface area contributed by atoms with Gasteiger partial charge in [-0.15, -0.1) is 0 Å². The number of allylic oxidation sites excluding steroid dienone is 1. The normalized spacial score (nSPS) is 11.9. The Balaban J connectivity index is 3.28. The molecule has 0 aromatic heterocycles. The van der Waals surface area contributed by atoms with Crippen molar-refractivity contribution in [3.05, 3.63) is 38.8 Å². The molecule has 1 rings (SSSR count). The highest BCUT2D eigenvalue weighted by molar-refractivity contribution is 9.10. The quantitative estimate of drug-likeness (QED) is 0.797. The summed E-state index contributed by atoms with van der Waals surface area (Å²) >= 11 is 9.16. The first kappa shape index (κ1) is 11.1. The highest BCUT2D eigenvalue weighted by atomic mass is 79.9. The molecule has 0 aliphatic rings. The number of nitrogens with two attached hydrogens (primary N) is 1. The third kappa shape index (κ3) is 2.50. The molecule has 0 unspecified atom stereocenters. The highest BCUT2D eigenvalue weighted by Crippen LogP contribution is 2.23. The maximum absolute atomic E-state index is 8.67. The first-order valence-electron chi connectivity index (χ1n) is 3.87. The molecule has 0 bridgehead atoms. The predicted octanol–water partition coefficient (Wildman–Crippen LogP) is 3.32. The molecule has 2 nitrogen and oxygen atoms in total. The van der Waals surface area contributed by atoms with Crippen LogP contribution in [0.2, 0.25) is 5.02 Å². The van der Waals surface area contributed by atoms with Crippen LogP contribution in [0.5, 0.6) is 0 Å². The maximum atomic E-state index is 8.67. The van der Waals surface area contributed by atoms with E-state index in [1.807, 2.05) is 12.1 Å². The van der Waals surface area contributed by atoms with Crippen molar-refractivity contribution in [2.75, 3.05) is 0 Å². The lowest BCUT2D eigenvalue weighted by atomic mass is 10.1. The van der Waals surface area contributed by atoms with E-state index in [1.165, 1.54) is 0 Å². The molecule has 0 fully saturated rings. The molecule has 14 heavy (non-hydrogen) atoms. The standard InChI is InChI=1S/C10H8BrClN2/c1-6(5-13)10(14)7-2-8(11)4-9(12)3-7/h2-4H,14H2,1H3/b10-6-. The lowest BCUT2D eigenvalue weighted by Gasteiger charge is -2.04. The maximum Gasteiger partial charge on any atom is 0.0965 e. The van der Waals surface area contributed by atoms with Gasteiger partial charge in [0, 0.05) is 20.6 Å². The van der Waals surface area contributed by atoms with Crippen LogP contribution in [-0.4, -0.2) is 0 Å². The van der Waals surface area contributed by atoms with Gasteiger partial charge in [0.1, 0.15) is 0 Å². The number of halogens is 2. The van der Waals surface area contributed by atoms with Gasteiger partial charge in [0.05, 0.1) is 11.8 Å². The molecule has 0 atom stereocenters. The number of nitriles is 1. The van der Waals surface area contributed by atoms with Crippen molar-refractivity contribution in [2.45, 2.75) is 6.92 Å². The van der Waals surface area contributed by atoms with E-state index >= 15 is 0 Å². The van der Waals surface area contributed by atoms with Gasteiger partial charge in [-0.1, -0.05) is 27.5 Å². The summed E-state index contributed by atoms with van der Waals surface area (Å²) in [6.45, 7) is 1.67. The Bertz CT molecular complexity index is 412. The van der Waals surface area contributed by atoms with Crippen LogP contribution in [0.25, 0.3) is 5.70 Å². The van der Waals surface area contributed by atoms with Crippen LogP contribution in [0.1, 0.15) is 12.5 Å². The molecular weight excluding hydrogens is 263 g/mol. The van der Waals surface area contributed by atoms with Gasteiger partial charge in [-0.05, 0) is 25.1 Å². The number of hydrogen-bond acceptors (Lipinski definition) is 2. The number of hydrogen-bond donors (Lipinski definition) is 1. The Morgan fingerprint density at radius 3 is 2.64 bits per heavy atom. The Hall–Kier alpha value is -0.980. The fourth-order valence-corrected chi connectivity index (χ4v) is 1.85. The van der Waals surface area contributed by atoms with E-state index in [0.29, 0.717) is 16.3 Å². The van der Waals surface area contributed by atoms with Crippen LogP contribution in [0.4, 0.5) is 0 Å². The zero-order valence-corrected chi connectivity index (χ0v) is 9.85. The van der Waals surface area contributed by atoms with Gasteiger partial charge in [0.2, 0.25) is 0 Å².